The number of hydrogen-bond donors (Lipinski definition) is 0. The lowest BCUT2D eigenvalue weighted by molar-refractivity contribution is 0.163. The molecule has 2 heterocycles. The average molecular weight is 183 g/mol. The van der Waals surface area contributed by atoms with Crippen LogP contribution in [0.15, 0.2) is 0 Å². The molecule has 0 radical (unpaired) electrons. The van der Waals surface area contributed by atoms with Gasteiger partial charge in [-0.3, -0.25) is 4.90 Å². The quantitative estimate of drug-likeness (QED) is 0.611. The second-order valence-electron chi connectivity index (χ2n) is 4.55. The van der Waals surface area contributed by atoms with Gasteiger partial charge in [0.2, 0.25) is 0 Å². The van der Waals surface area contributed by atoms with Crippen molar-refractivity contribution in [2.75, 3.05) is 18.1 Å². The Kier molecular flexibility index (Phi) is 1.87. The Hall–Kier alpha value is 0.310. The smallest absolute Gasteiger partial charge is 0.0197 e. The van der Waals surface area contributed by atoms with E-state index in [1.807, 2.05) is 0 Å². The molecule has 0 aromatic heterocycles. The van der Waals surface area contributed by atoms with Gasteiger partial charge in [-0.2, -0.15) is 11.8 Å². The minimum absolute atomic E-state index is 0.963. The summed E-state index contributed by atoms with van der Waals surface area (Å²) in [7, 11) is 0. The van der Waals surface area contributed by atoms with Crippen molar-refractivity contribution in [1.29, 1.82) is 0 Å². The molecule has 1 aliphatic carbocycles. The van der Waals surface area contributed by atoms with Crippen LogP contribution in [0.25, 0.3) is 0 Å². The van der Waals surface area contributed by atoms with Crippen molar-refractivity contribution in [3.8, 4) is 0 Å². The number of likely N-dealkylation sites (tertiary alicyclic amines) is 1. The Balaban J connectivity index is 1.69. The van der Waals surface area contributed by atoms with Gasteiger partial charge in [-0.1, -0.05) is 0 Å². The Morgan fingerprint density at radius 3 is 2.67 bits per heavy atom. The van der Waals surface area contributed by atoms with Crippen LogP contribution in [0.2, 0.25) is 0 Å². The molecule has 0 aromatic carbocycles. The first kappa shape index (κ1) is 7.69. The van der Waals surface area contributed by atoms with E-state index in [9.17, 15) is 0 Å². The van der Waals surface area contributed by atoms with Gasteiger partial charge in [-0.25, -0.2) is 0 Å². The van der Waals surface area contributed by atoms with E-state index >= 15 is 0 Å². The van der Waals surface area contributed by atoms with Gasteiger partial charge >= 0.3 is 0 Å². The Morgan fingerprint density at radius 2 is 2.08 bits per heavy atom. The van der Waals surface area contributed by atoms with Crippen LogP contribution in [0.4, 0.5) is 0 Å². The maximum absolute atomic E-state index is 2.83. The SMILES string of the molecule is C1CC(N2CC3CCC2C3)CS1. The fourth-order valence-corrected chi connectivity index (χ4v) is 4.43. The van der Waals surface area contributed by atoms with E-state index in [4.69, 9.17) is 0 Å². The molecule has 3 unspecified atom stereocenters. The van der Waals surface area contributed by atoms with Gasteiger partial charge in [-0.05, 0) is 37.4 Å². The molecule has 1 nitrogen and oxygen atoms in total. The van der Waals surface area contributed by atoms with E-state index in [0.29, 0.717) is 0 Å². The van der Waals surface area contributed by atoms with Crippen LogP contribution in [-0.4, -0.2) is 35.0 Å². The van der Waals surface area contributed by atoms with Crippen LogP contribution in [0.1, 0.15) is 25.7 Å². The highest BCUT2D eigenvalue weighted by Crippen LogP contribution is 2.40. The minimum atomic E-state index is 0.963. The molecule has 2 aliphatic heterocycles. The third kappa shape index (κ3) is 1.12. The number of rotatable bonds is 1. The van der Waals surface area contributed by atoms with E-state index in [2.05, 4.69) is 16.7 Å². The van der Waals surface area contributed by atoms with Gasteiger partial charge in [0, 0.05) is 24.4 Å². The predicted molar refractivity (Wildman–Crippen MR) is 53.6 cm³/mol. The minimum Gasteiger partial charge on any atom is -0.296 e. The van der Waals surface area contributed by atoms with Crippen molar-refractivity contribution in [3.05, 3.63) is 0 Å². The van der Waals surface area contributed by atoms with E-state index in [0.717, 1.165) is 18.0 Å². The highest BCUT2D eigenvalue weighted by Gasteiger charge is 2.41. The van der Waals surface area contributed by atoms with Gasteiger partial charge in [-0.15, -0.1) is 0 Å². The molecule has 2 saturated heterocycles. The molecule has 2 bridgehead atoms. The van der Waals surface area contributed by atoms with Gasteiger partial charge in [0.25, 0.3) is 0 Å². The largest absolute Gasteiger partial charge is 0.296 e. The molecule has 12 heavy (non-hydrogen) atoms. The summed E-state index contributed by atoms with van der Waals surface area (Å²) in [5.41, 5.74) is 0. The first-order chi connectivity index (χ1) is 5.93. The molecule has 0 N–H and O–H groups in total. The standard InChI is InChI=1S/C10H17NS/c1-2-9-5-8(1)6-11(9)10-3-4-12-7-10/h8-10H,1-7H2. The second-order valence-corrected chi connectivity index (χ2v) is 5.70. The van der Waals surface area contributed by atoms with Crippen molar-refractivity contribution in [1.82, 2.24) is 4.90 Å². The van der Waals surface area contributed by atoms with Gasteiger partial charge in [0.05, 0.1) is 0 Å². The average Bonchev–Trinajstić information content (AvgIpc) is 2.81. The fraction of sp³-hybridized carbons (Fsp3) is 1.00. The summed E-state index contributed by atoms with van der Waals surface area (Å²) in [6, 6.07) is 1.96. The van der Waals surface area contributed by atoms with Crippen LogP contribution in [0, 0.1) is 5.92 Å². The molecule has 0 aromatic rings. The third-order valence-corrected chi connectivity index (χ3v) is 4.97. The first-order valence-electron chi connectivity index (χ1n) is 5.27. The van der Waals surface area contributed by atoms with Crippen molar-refractivity contribution in [3.63, 3.8) is 0 Å². The third-order valence-electron chi connectivity index (χ3n) is 3.83. The van der Waals surface area contributed by atoms with Gasteiger partial charge in [0.1, 0.15) is 0 Å². The van der Waals surface area contributed by atoms with E-state index in [1.54, 1.807) is 0 Å². The Morgan fingerprint density at radius 1 is 1.08 bits per heavy atom. The zero-order valence-corrected chi connectivity index (χ0v) is 8.35. The molecule has 2 heteroatoms. The van der Waals surface area contributed by atoms with Crippen molar-refractivity contribution in [2.45, 2.75) is 37.8 Å². The van der Waals surface area contributed by atoms with Crippen LogP contribution < -0.4 is 0 Å². The van der Waals surface area contributed by atoms with E-state index in [-0.39, 0.29) is 0 Å². The molecular formula is C10H17NS. The number of nitrogens with zero attached hydrogens (tertiary/aromatic N) is 1. The molecule has 3 atom stereocenters. The molecule has 0 spiro atoms. The van der Waals surface area contributed by atoms with Crippen LogP contribution in [0.5, 0.6) is 0 Å². The summed E-state index contributed by atoms with van der Waals surface area (Å²) < 4.78 is 0. The normalized spacial score (nSPS) is 47.5. The number of fused-ring (bicyclic) bond motifs is 2. The summed E-state index contributed by atoms with van der Waals surface area (Å²) in [5.74, 6) is 3.92. The van der Waals surface area contributed by atoms with E-state index in [1.165, 1.54) is 43.7 Å². The maximum atomic E-state index is 2.83. The first-order valence-corrected chi connectivity index (χ1v) is 6.42. The predicted octanol–water partition coefficient (Wildman–Crippen LogP) is 1.98. The zero-order valence-electron chi connectivity index (χ0n) is 7.54. The highest BCUT2D eigenvalue weighted by atomic mass is 32.2. The lowest BCUT2D eigenvalue weighted by Gasteiger charge is -2.32. The van der Waals surface area contributed by atoms with Crippen LogP contribution >= 0.6 is 11.8 Å². The van der Waals surface area contributed by atoms with Crippen LogP contribution in [-0.2, 0) is 0 Å². The lowest BCUT2D eigenvalue weighted by atomic mass is 10.1. The molecule has 1 saturated carbocycles. The number of piperidine rings is 1. The molecule has 3 rings (SSSR count). The fourth-order valence-electron chi connectivity index (χ4n) is 3.19. The van der Waals surface area contributed by atoms with Crippen molar-refractivity contribution in [2.24, 2.45) is 5.92 Å². The Bertz CT molecular complexity index is 177. The number of hydrogen-bond acceptors (Lipinski definition) is 2. The molecule has 68 valence electrons. The second kappa shape index (κ2) is 2.91. The molecule has 3 fully saturated rings. The molecular weight excluding hydrogens is 166 g/mol. The lowest BCUT2D eigenvalue weighted by Crippen LogP contribution is -2.40. The van der Waals surface area contributed by atoms with Gasteiger partial charge < -0.3 is 0 Å². The number of thioether (sulfide) groups is 1. The van der Waals surface area contributed by atoms with Gasteiger partial charge in [0.15, 0.2) is 0 Å². The van der Waals surface area contributed by atoms with Crippen molar-refractivity contribution >= 4 is 11.8 Å². The highest BCUT2D eigenvalue weighted by molar-refractivity contribution is 7.99. The summed E-state index contributed by atoms with van der Waals surface area (Å²) in [6.07, 6.45) is 6.03. The van der Waals surface area contributed by atoms with E-state index < -0.39 is 0 Å². The van der Waals surface area contributed by atoms with Crippen LogP contribution in [0.3, 0.4) is 0 Å². The maximum Gasteiger partial charge on any atom is 0.0197 e. The van der Waals surface area contributed by atoms with Crippen molar-refractivity contribution < 1.29 is 0 Å². The monoisotopic (exact) mass is 183 g/mol. The summed E-state index contributed by atoms with van der Waals surface area (Å²) in [5, 5.41) is 0. The zero-order chi connectivity index (χ0) is 7.97. The summed E-state index contributed by atoms with van der Waals surface area (Å²) >= 11 is 2.15. The summed E-state index contributed by atoms with van der Waals surface area (Å²) in [6.45, 7) is 1.44. The Labute approximate surface area is 78.9 Å². The molecule has 0 amide bonds. The topological polar surface area (TPSA) is 3.24 Å². The molecule has 3 aliphatic rings. The summed E-state index contributed by atoms with van der Waals surface area (Å²) in [4.78, 5) is 2.83.